The number of anilines is 2. The third-order valence-corrected chi connectivity index (χ3v) is 6.97. The van der Waals surface area contributed by atoms with Crippen LogP contribution in [-0.2, 0) is 14.3 Å². The highest BCUT2D eigenvalue weighted by molar-refractivity contribution is 14.1. The maximum atomic E-state index is 13.2. The van der Waals surface area contributed by atoms with Crippen LogP contribution in [0, 0.1) is 29.3 Å². The summed E-state index contributed by atoms with van der Waals surface area (Å²) in [4.78, 5) is 19.5. The van der Waals surface area contributed by atoms with Crippen molar-refractivity contribution in [1.82, 2.24) is 4.98 Å². The molecule has 1 aromatic carbocycles. The molecule has 0 radical (unpaired) electrons. The van der Waals surface area contributed by atoms with Gasteiger partial charge in [-0.2, -0.15) is 0 Å². The zero-order valence-electron chi connectivity index (χ0n) is 18.8. The van der Waals surface area contributed by atoms with Gasteiger partial charge >= 0.3 is 5.91 Å². The highest BCUT2D eigenvalue weighted by atomic mass is 127. The molecular formula is C25H27IN2O4. The standard InChI is InChI=1S/C25H27IN2O4/c1-5-6-24(29)28(21-10-15(2)20(26)11-19(21)17-7-8-17)25-16(3)9-18(12-27-25)32-23-14-31-13-22(23)30-4/h9-12,17,22-23H,7-8,13-14H2,1-4H3/t22-,23-/m0/s1. The van der Waals surface area contributed by atoms with Gasteiger partial charge in [-0.25, -0.2) is 4.98 Å². The Hall–Kier alpha value is -2.15. The molecule has 2 aromatic rings. The first-order chi connectivity index (χ1) is 15.4. The van der Waals surface area contributed by atoms with Crippen molar-refractivity contribution < 1.29 is 19.0 Å². The van der Waals surface area contributed by atoms with Gasteiger partial charge in [-0.05, 0) is 103 Å². The van der Waals surface area contributed by atoms with Crippen LogP contribution in [0.15, 0.2) is 24.4 Å². The van der Waals surface area contributed by atoms with Gasteiger partial charge in [-0.15, -0.1) is 0 Å². The van der Waals surface area contributed by atoms with Crippen LogP contribution in [0.5, 0.6) is 5.75 Å². The van der Waals surface area contributed by atoms with Gasteiger partial charge in [0.1, 0.15) is 17.7 Å². The van der Waals surface area contributed by atoms with Crippen LogP contribution in [0.25, 0.3) is 0 Å². The summed E-state index contributed by atoms with van der Waals surface area (Å²) < 4.78 is 18.2. The van der Waals surface area contributed by atoms with Crippen molar-refractivity contribution in [3.63, 3.8) is 0 Å². The van der Waals surface area contributed by atoms with E-state index in [0.29, 0.717) is 30.7 Å². The number of hydrogen-bond acceptors (Lipinski definition) is 5. The molecule has 2 atom stereocenters. The van der Waals surface area contributed by atoms with Gasteiger partial charge in [0.2, 0.25) is 0 Å². The third kappa shape index (κ3) is 4.77. The SMILES string of the molecule is CC#CC(=O)N(c1cc(C)c(I)cc1C1CC1)c1ncc(O[C@H]2COC[C@@H]2OC)cc1C. The van der Waals surface area contributed by atoms with E-state index in [1.807, 2.05) is 13.0 Å². The Balaban J connectivity index is 1.73. The van der Waals surface area contributed by atoms with Crippen molar-refractivity contribution in [2.24, 2.45) is 0 Å². The van der Waals surface area contributed by atoms with Crippen LogP contribution < -0.4 is 9.64 Å². The Labute approximate surface area is 202 Å². The largest absolute Gasteiger partial charge is 0.484 e. The van der Waals surface area contributed by atoms with Crippen LogP contribution in [-0.4, -0.2) is 43.4 Å². The quantitative estimate of drug-likeness (QED) is 0.390. The molecule has 1 aliphatic carbocycles. The first-order valence-corrected chi connectivity index (χ1v) is 11.8. The first kappa shape index (κ1) is 23.0. The Morgan fingerprint density at radius 2 is 1.94 bits per heavy atom. The zero-order chi connectivity index (χ0) is 22.8. The molecule has 4 rings (SSSR count). The maximum absolute atomic E-state index is 13.2. The molecule has 2 aliphatic rings. The molecule has 168 valence electrons. The molecule has 1 saturated carbocycles. The number of aryl methyl sites for hydroxylation is 2. The van der Waals surface area contributed by atoms with E-state index in [-0.39, 0.29) is 18.1 Å². The van der Waals surface area contributed by atoms with Crippen molar-refractivity contribution in [2.75, 3.05) is 25.2 Å². The van der Waals surface area contributed by atoms with Crippen LogP contribution in [0.4, 0.5) is 11.5 Å². The highest BCUT2D eigenvalue weighted by Gasteiger charge is 2.33. The van der Waals surface area contributed by atoms with E-state index in [0.717, 1.165) is 29.7 Å². The Morgan fingerprint density at radius 3 is 2.59 bits per heavy atom. The summed E-state index contributed by atoms with van der Waals surface area (Å²) in [5.74, 6) is 6.83. The number of aromatic nitrogens is 1. The van der Waals surface area contributed by atoms with Gasteiger partial charge in [0, 0.05) is 10.7 Å². The fraction of sp³-hybridized carbons (Fsp3) is 0.440. The second kappa shape index (κ2) is 9.77. The van der Waals surface area contributed by atoms with Crippen LogP contribution >= 0.6 is 22.6 Å². The number of pyridine rings is 1. The number of hydrogen-bond donors (Lipinski definition) is 0. The minimum absolute atomic E-state index is 0.108. The number of rotatable bonds is 6. The molecule has 0 spiro atoms. The molecule has 6 nitrogen and oxygen atoms in total. The van der Waals surface area contributed by atoms with E-state index in [1.165, 1.54) is 9.13 Å². The summed E-state index contributed by atoms with van der Waals surface area (Å²) in [6.45, 7) is 6.65. The lowest BCUT2D eigenvalue weighted by molar-refractivity contribution is -0.112. The van der Waals surface area contributed by atoms with Crippen molar-refractivity contribution >= 4 is 40.0 Å². The van der Waals surface area contributed by atoms with Gasteiger partial charge in [0.15, 0.2) is 6.10 Å². The number of carbonyl (C=O) groups is 1. The molecule has 32 heavy (non-hydrogen) atoms. The topological polar surface area (TPSA) is 60.9 Å². The number of carbonyl (C=O) groups excluding carboxylic acids is 1. The first-order valence-electron chi connectivity index (χ1n) is 10.7. The van der Waals surface area contributed by atoms with Gasteiger partial charge in [0.25, 0.3) is 0 Å². The smallest absolute Gasteiger partial charge is 0.308 e. The summed E-state index contributed by atoms with van der Waals surface area (Å²) in [6, 6.07) is 6.18. The Morgan fingerprint density at radius 1 is 1.19 bits per heavy atom. The normalized spacial score (nSPS) is 19.9. The third-order valence-electron chi connectivity index (χ3n) is 5.81. The molecule has 0 bridgehead atoms. The fourth-order valence-electron chi connectivity index (χ4n) is 3.94. The molecule has 2 heterocycles. The zero-order valence-corrected chi connectivity index (χ0v) is 20.9. The van der Waals surface area contributed by atoms with Crippen molar-refractivity contribution in [3.05, 3.63) is 44.7 Å². The number of ether oxygens (including phenoxy) is 3. The van der Waals surface area contributed by atoms with Gasteiger partial charge in [-0.3, -0.25) is 9.69 Å². The van der Waals surface area contributed by atoms with Crippen molar-refractivity contribution in [1.29, 1.82) is 0 Å². The summed E-state index contributed by atoms with van der Waals surface area (Å²) in [7, 11) is 1.65. The molecular weight excluding hydrogens is 519 g/mol. The van der Waals surface area contributed by atoms with E-state index < -0.39 is 0 Å². The fourth-order valence-corrected chi connectivity index (χ4v) is 4.43. The molecule has 7 heteroatoms. The summed E-state index contributed by atoms with van der Waals surface area (Å²) >= 11 is 2.35. The summed E-state index contributed by atoms with van der Waals surface area (Å²) in [5.41, 5.74) is 4.00. The minimum Gasteiger partial charge on any atom is -0.484 e. The van der Waals surface area contributed by atoms with E-state index in [9.17, 15) is 4.79 Å². The van der Waals surface area contributed by atoms with Crippen molar-refractivity contribution in [2.45, 2.75) is 51.7 Å². The lowest BCUT2D eigenvalue weighted by Crippen LogP contribution is -2.31. The highest BCUT2D eigenvalue weighted by Crippen LogP contribution is 2.47. The monoisotopic (exact) mass is 546 g/mol. The number of nitrogens with zero attached hydrogens (tertiary/aromatic N) is 2. The average Bonchev–Trinajstić information content (AvgIpc) is 3.51. The maximum Gasteiger partial charge on any atom is 0.308 e. The van der Waals surface area contributed by atoms with E-state index >= 15 is 0 Å². The van der Waals surface area contributed by atoms with Crippen LogP contribution in [0.2, 0.25) is 0 Å². The number of amides is 1. The molecule has 0 N–H and O–H groups in total. The minimum atomic E-state index is -0.289. The second-order valence-corrected chi connectivity index (χ2v) is 9.39. The van der Waals surface area contributed by atoms with E-state index in [2.05, 4.69) is 58.5 Å². The molecule has 0 unspecified atom stereocenters. The Kier molecular flexibility index (Phi) is 7.03. The number of halogens is 1. The predicted molar refractivity (Wildman–Crippen MR) is 131 cm³/mol. The number of methoxy groups -OCH3 is 1. The Bertz CT molecular complexity index is 1090. The summed E-state index contributed by atoms with van der Waals surface area (Å²) in [6.07, 6.45) is 3.64. The van der Waals surface area contributed by atoms with Gasteiger partial charge < -0.3 is 14.2 Å². The van der Waals surface area contributed by atoms with Crippen LogP contribution in [0.1, 0.15) is 42.4 Å². The molecule has 1 saturated heterocycles. The predicted octanol–water partition coefficient (Wildman–Crippen LogP) is 4.66. The lowest BCUT2D eigenvalue weighted by atomic mass is 10.0. The average molecular weight is 546 g/mol. The second-order valence-electron chi connectivity index (χ2n) is 8.23. The van der Waals surface area contributed by atoms with Gasteiger partial charge in [0.05, 0.1) is 25.1 Å². The molecule has 2 fully saturated rings. The summed E-state index contributed by atoms with van der Waals surface area (Å²) in [5, 5.41) is 0. The number of benzene rings is 1. The van der Waals surface area contributed by atoms with Crippen molar-refractivity contribution in [3.8, 4) is 17.6 Å². The van der Waals surface area contributed by atoms with E-state index in [4.69, 9.17) is 14.2 Å². The lowest BCUT2D eigenvalue weighted by Gasteiger charge is -2.26. The molecule has 1 amide bonds. The van der Waals surface area contributed by atoms with Crippen LogP contribution in [0.3, 0.4) is 0 Å². The molecule has 1 aliphatic heterocycles. The molecule has 1 aromatic heterocycles. The van der Waals surface area contributed by atoms with Gasteiger partial charge in [-0.1, -0.05) is 5.92 Å². The van der Waals surface area contributed by atoms with E-state index in [1.54, 1.807) is 25.1 Å².